The second-order valence-electron chi connectivity index (χ2n) is 3.53. The van der Waals surface area contributed by atoms with E-state index in [2.05, 4.69) is 15.3 Å². The van der Waals surface area contributed by atoms with Crippen LogP contribution in [0, 0.1) is 3.57 Å². The molecule has 2 aromatic rings. The van der Waals surface area contributed by atoms with Crippen molar-refractivity contribution in [2.45, 2.75) is 6.18 Å². The van der Waals surface area contributed by atoms with Gasteiger partial charge in [-0.2, -0.15) is 13.2 Å². The Balaban J connectivity index is 2.44. The molecule has 100 valence electrons. The lowest BCUT2D eigenvalue weighted by molar-refractivity contribution is -0.136. The zero-order chi connectivity index (χ0) is 14.0. The highest BCUT2D eigenvalue weighted by molar-refractivity contribution is 14.1. The molecular formula is C11H6ClF3IN3. The molecule has 0 aliphatic heterocycles. The summed E-state index contributed by atoms with van der Waals surface area (Å²) < 4.78 is 39.3. The van der Waals surface area contributed by atoms with Gasteiger partial charge in [-0.25, -0.2) is 9.97 Å². The van der Waals surface area contributed by atoms with E-state index in [0.29, 0.717) is 9.39 Å². The molecule has 0 saturated heterocycles. The molecule has 3 nitrogen and oxygen atoms in total. The predicted octanol–water partition coefficient (Wildman–Crippen LogP) is 4.50. The highest BCUT2D eigenvalue weighted by Gasteiger charge is 2.34. The number of nitrogens with one attached hydrogen (secondary N) is 1. The van der Waals surface area contributed by atoms with Crippen molar-refractivity contribution in [3.63, 3.8) is 0 Å². The van der Waals surface area contributed by atoms with Gasteiger partial charge in [0, 0.05) is 11.2 Å². The average molecular weight is 400 g/mol. The van der Waals surface area contributed by atoms with Crippen LogP contribution in [0.2, 0.25) is 5.02 Å². The first-order chi connectivity index (χ1) is 8.88. The fourth-order valence-electron chi connectivity index (χ4n) is 1.39. The van der Waals surface area contributed by atoms with Crippen LogP contribution >= 0.6 is 34.2 Å². The second kappa shape index (κ2) is 5.49. The Hall–Kier alpha value is -1.09. The van der Waals surface area contributed by atoms with Gasteiger partial charge in [0.25, 0.3) is 0 Å². The lowest BCUT2D eigenvalue weighted by Gasteiger charge is -2.14. The Morgan fingerprint density at radius 3 is 2.63 bits per heavy atom. The molecule has 1 heterocycles. The normalized spacial score (nSPS) is 11.4. The SMILES string of the molecule is FC(F)(F)c1cc(Cl)ccc1Nc1ncncc1I. The maximum Gasteiger partial charge on any atom is 0.418 e. The van der Waals surface area contributed by atoms with Gasteiger partial charge in [-0.05, 0) is 40.8 Å². The fraction of sp³-hybridized carbons (Fsp3) is 0.0909. The van der Waals surface area contributed by atoms with Crippen molar-refractivity contribution in [3.05, 3.63) is 44.9 Å². The number of halogens is 5. The third-order valence-corrected chi connectivity index (χ3v) is 3.23. The van der Waals surface area contributed by atoms with Crippen LogP contribution in [-0.4, -0.2) is 9.97 Å². The van der Waals surface area contributed by atoms with Crippen LogP contribution in [0.5, 0.6) is 0 Å². The summed E-state index contributed by atoms with van der Waals surface area (Å²) in [4.78, 5) is 7.66. The molecule has 8 heteroatoms. The molecule has 1 aromatic carbocycles. The molecular weight excluding hydrogens is 393 g/mol. The first-order valence-corrected chi connectivity index (χ1v) is 6.43. The first kappa shape index (κ1) is 14.3. The summed E-state index contributed by atoms with van der Waals surface area (Å²) in [5, 5.41) is 2.66. The summed E-state index contributed by atoms with van der Waals surface area (Å²) >= 11 is 7.53. The lowest BCUT2D eigenvalue weighted by atomic mass is 10.1. The van der Waals surface area contributed by atoms with Crippen LogP contribution in [-0.2, 0) is 6.18 Å². The molecule has 0 saturated carbocycles. The summed E-state index contributed by atoms with van der Waals surface area (Å²) in [6.45, 7) is 0. The van der Waals surface area contributed by atoms with E-state index in [1.165, 1.54) is 24.7 Å². The maximum atomic E-state index is 12.9. The number of aromatic nitrogens is 2. The molecule has 19 heavy (non-hydrogen) atoms. The van der Waals surface area contributed by atoms with E-state index >= 15 is 0 Å². The van der Waals surface area contributed by atoms with Crippen LogP contribution in [0.1, 0.15) is 5.56 Å². The number of alkyl halides is 3. The lowest BCUT2D eigenvalue weighted by Crippen LogP contribution is -2.09. The molecule has 1 N–H and O–H groups in total. The number of hydrogen-bond donors (Lipinski definition) is 1. The molecule has 0 unspecified atom stereocenters. The largest absolute Gasteiger partial charge is 0.418 e. The highest BCUT2D eigenvalue weighted by Crippen LogP contribution is 2.37. The van der Waals surface area contributed by atoms with E-state index in [-0.39, 0.29) is 10.7 Å². The third kappa shape index (κ3) is 3.47. The molecule has 0 radical (unpaired) electrons. The minimum absolute atomic E-state index is 0.0234. The van der Waals surface area contributed by atoms with E-state index in [0.717, 1.165) is 6.07 Å². The topological polar surface area (TPSA) is 37.8 Å². The maximum absolute atomic E-state index is 12.9. The average Bonchev–Trinajstić information content (AvgIpc) is 2.33. The molecule has 0 fully saturated rings. The van der Waals surface area contributed by atoms with Crippen molar-refractivity contribution in [2.24, 2.45) is 0 Å². The zero-order valence-corrected chi connectivity index (χ0v) is 12.1. The minimum atomic E-state index is -4.49. The molecule has 0 spiro atoms. The third-order valence-electron chi connectivity index (χ3n) is 2.21. The van der Waals surface area contributed by atoms with Crippen LogP contribution in [0.3, 0.4) is 0 Å². The van der Waals surface area contributed by atoms with Crippen LogP contribution in [0.4, 0.5) is 24.7 Å². The molecule has 2 rings (SSSR count). The molecule has 0 aliphatic carbocycles. The number of rotatable bonds is 2. The van der Waals surface area contributed by atoms with Gasteiger partial charge in [-0.1, -0.05) is 11.6 Å². The van der Waals surface area contributed by atoms with Gasteiger partial charge in [-0.3, -0.25) is 0 Å². The van der Waals surface area contributed by atoms with Crippen LogP contribution < -0.4 is 5.32 Å². The quantitative estimate of drug-likeness (QED) is 0.756. The second-order valence-corrected chi connectivity index (χ2v) is 5.13. The van der Waals surface area contributed by atoms with Gasteiger partial charge in [-0.15, -0.1) is 0 Å². The van der Waals surface area contributed by atoms with Crippen molar-refractivity contribution in [3.8, 4) is 0 Å². The Kier molecular flexibility index (Phi) is 4.14. The highest BCUT2D eigenvalue weighted by atomic mass is 127. The fourth-order valence-corrected chi connectivity index (χ4v) is 2.00. The summed E-state index contributed by atoms with van der Waals surface area (Å²) in [7, 11) is 0. The van der Waals surface area contributed by atoms with E-state index in [1.807, 2.05) is 22.6 Å². The van der Waals surface area contributed by atoms with Crippen LogP contribution in [0.25, 0.3) is 0 Å². The van der Waals surface area contributed by atoms with Gasteiger partial charge >= 0.3 is 6.18 Å². The van der Waals surface area contributed by atoms with Crippen molar-refractivity contribution >= 4 is 45.7 Å². The van der Waals surface area contributed by atoms with Gasteiger partial charge in [0.05, 0.1) is 14.8 Å². The van der Waals surface area contributed by atoms with E-state index < -0.39 is 11.7 Å². The molecule has 1 aromatic heterocycles. The Morgan fingerprint density at radius 1 is 1.26 bits per heavy atom. The number of hydrogen-bond acceptors (Lipinski definition) is 3. The van der Waals surface area contributed by atoms with Crippen molar-refractivity contribution in [2.75, 3.05) is 5.32 Å². The standard InChI is InChI=1S/C11H6ClF3IN3/c12-6-1-2-9(7(3-6)11(13,14)15)19-10-8(16)4-17-5-18-10/h1-5H,(H,17,18,19). The Morgan fingerprint density at radius 2 is 2.00 bits per heavy atom. The monoisotopic (exact) mass is 399 g/mol. The smallest absolute Gasteiger partial charge is 0.339 e. The Labute approximate surface area is 125 Å². The molecule has 0 aliphatic rings. The zero-order valence-electron chi connectivity index (χ0n) is 9.17. The van der Waals surface area contributed by atoms with Gasteiger partial charge < -0.3 is 5.32 Å². The molecule has 0 atom stereocenters. The summed E-state index contributed by atoms with van der Waals surface area (Å²) in [6.07, 6.45) is -1.74. The van der Waals surface area contributed by atoms with Gasteiger partial charge in [0.2, 0.25) is 0 Å². The number of anilines is 2. The molecule has 0 bridgehead atoms. The van der Waals surface area contributed by atoms with Crippen molar-refractivity contribution in [1.82, 2.24) is 9.97 Å². The Bertz CT molecular complexity index is 604. The van der Waals surface area contributed by atoms with Gasteiger partial charge in [0.1, 0.15) is 12.1 Å². The first-order valence-electron chi connectivity index (χ1n) is 4.97. The molecule has 0 amide bonds. The predicted molar refractivity (Wildman–Crippen MR) is 74.5 cm³/mol. The summed E-state index contributed by atoms with van der Waals surface area (Å²) in [6, 6.07) is 3.52. The van der Waals surface area contributed by atoms with E-state index in [1.54, 1.807) is 0 Å². The summed E-state index contributed by atoms with van der Waals surface area (Å²) in [5.41, 5.74) is -0.942. The minimum Gasteiger partial charge on any atom is -0.339 e. The van der Waals surface area contributed by atoms with Crippen molar-refractivity contribution in [1.29, 1.82) is 0 Å². The van der Waals surface area contributed by atoms with Crippen molar-refractivity contribution < 1.29 is 13.2 Å². The number of nitrogens with zero attached hydrogens (tertiary/aromatic N) is 2. The van der Waals surface area contributed by atoms with E-state index in [4.69, 9.17) is 11.6 Å². The number of benzene rings is 1. The van der Waals surface area contributed by atoms with Crippen LogP contribution in [0.15, 0.2) is 30.7 Å². The van der Waals surface area contributed by atoms with E-state index in [9.17, 15) is 13.2 Å². The summed E-state index contributed by atoms with van der Waals surface area (Å²) in [5.74, 6) is 0.309. The van der Waals surface area contributed by atoms with Gasteiger partial charge in [0.15, 0.2) is 0 Å².